The van der Waals surface area contributed by atoms with Crippen LogP contribution in [0.2, 0.25) is 0 Å². The number of benzene rings is 2. The molecule has 1 N–H and O–H groups in total. The van der Waals surface area contributed by atoms with E-state index in [2.05, 4.69) is 5.32 Å². The largest absolute Gasteiger partial charge is 0.334 e. The molecule has 2 aromatic carbocycles. The molecule has 3 aliphatic rings. The number of fused-ring (bicyclic) bond motifs is 1. The molecule has 1 aliphatic carbocycles. The van der Waals surface area contributed by atoms with E-state index in [1.165, 1.54) is 0 Å². The number of nitrogens with one attached hydrogen (secondary N) is 1. The molecule has 2 heterocycles. The van der Waals surface area contributed by atoms with Crippen LogP contribution in [0, 0.1) is 0 Å². The molecule has 2 unspecified atom stereocenters. The van der Waals surface area contributed by atoms with Gasteiger partial charge in [-0.3, -0.25) is 14.5 Å². The quantitative estimate of drug-likeness (QED) is 0.693. The van der Waals surface area contributed by atoms with Gasteiger partial charge in [-0.1, -0.05) is 42.5 Å². The van der Waals surface area contributed by atoms with Gasteiger partial charge >= 0.3 is 6.03 Å². The van der Waals surface area contributed by atoms with E-state index in [1.807, 2.05) is 42.5 Å². The highest BCUT2D eigenvalue weighted by atomic mass is 32.2. The lowest BCUT2D eigenvalue weighted by molar-refractivity contribution is -0.140. The van der Waals surface area contributed by atoms with E-state index in [9.17, 15) is 22.8 Å². The van der Waals surface area contributed by atoms with E-state index in [0.717, 1.165) is 28.5 Å². The third kappa shape index (κ3) is 3.44. The molecule has 3 fully saturated rings. The molecule has 8 nitrogen and oxygen atoms in total. The van der Waals surface area contributed by atoms with E-state index in [1.54, 1.807) is 11.8 Å². The molecule has 9 heteroatoms. The summed E-state index contributed by atoms with van der Waals surface area (Å²) in [6.45, 7) is 1.26. The number of rotatable bonds is 5. The van der Waals surface area contributed by atoms with Crippen LogP contribution in [0.1, 0.15) is 31.7 Å². The minimum Gasteiger partial charge on any atom is -0.334 e. The standard InChI is InChI=1S/C23H25N3O5S/c1-23(19-8-4-6-15-5-2-3-7-18(15)19)21(28)25(22(29)24-23)13-20(27)26(16-9-10-16)17-11-12-32(30,31)14-17/h2-8,16-17H,9-14H2,1H3,(H,24,29). The van der Waals surface area contributed by atoms with Crippen molar-refractivity contribution in [3.63, 3.8) is 0 Å². The van der Waals surface area contributed by atoms with Crippen molar-refractivity contribution >= 4 is 38.5 Å². The van der Waals surface area contributed by atoms with E-state index >= 15 is 0 Å². The average molecular weight is 456 g/mol. The minimum absolute atomic E-state index is 0.00832. The molecule has 2 aromatic rings. The summed E-state index contributed by atoms with van der Waals surface area (Å²) < 4.78 is 23.9. The van der Waals surface area contributed by atoms with Crippen molar-refractivity contribution in [3.05, 3.63) is 48.0 Å². The summed E-state index contributed by atoms with van der Waals surface area (Å²) in [6.07, 6.45) is 2.03. The summed E-state index contributed by atoms with van der Waals surface area (Å²) >= 11 is 0. The summed E-state index contributed by atoms with van der Waals surface area (Å²) in [4.78, 5) is 42.0. The first-order valence-corrected chi connectivity index (χ1v) is 12.7. The fraction of sp³-hybridized carbons (Fsp3) is 0.435. The number of urea groups is 1. The highest BCUT2D eigenvalue weighted by Gasteiger charge is 2.51. The van der Waals surface area contributed by atoms with Crippen molar-refractivity contribution < 1.29 is 22.8 Å². The molecule has 0 bridgehead atoms. The first-order valence-electron chi connectivity index (χ1n) is 10.8. The molecular formula is C23H25N3O5S. The van der Waals surface area contributed by atoms with Gasteiger partial charge in [0.15, 0.2) is 9.84 Å². The van der Waals surface area contributed by atoms with Crippen LogP contribution in [0.4, 0.5) is 4.79 Å². The van der Waals surface area contributed by atoms with Gasteiger partial charge in [0.05, 0.1) is 11.5 Å². The molecule has 168 valence electrons. The number of sulfone groups is 1. The van der Waals surface area contributed by atoms with Gasteiger partial charge < -0.3 is 10.2 Å². The molecule has 32 heavy (non-hydrogen) atoms. The van der Waals surface area contributed by atoms with Crippen molar-refractivity contribution in [2.75, 3.05) is 18.1 Å². The summed E-state index contributed by atoms with van der Waals surface area (Å²) in [5.74, 6) is -0.846. The Morgan fingerprint density at radius 2 is 1.81 bits per heavy atom. The third-order valence-corrected chi connectivity index (χ3v) is 8.48. The predicted molar refractivity (Wildman–Crippen MR) is 118 cm³/mol. The van der Waals surface area contributed by atoms with Crippen LogP contribution < -0.4 is 5.32 Å². The van der Waals surface area contributed by atoms with Crippen molar-refractivity contribution in [3.8, 4) is 0 Å². The molecular weight excluding hydrogens is 430 g/mol. The maximum absolute atomic E-state index is 13.4. The number of imide groups is 1. The van der Waals surface area contributed by atoms with E-state index in [0.29, 0.717) is 12.0 Å². The Labute approximate surface area is 186 Å². The lowest BCUT2D eigenvalue weighted by Gasteiger charge is -2.30. The van der Waals surface area contributed by atoms with Crippen LogP contribution in [0.15, 0.2) is 42.5 Å². The summed E-state index contributed by atoms with van der Waals surface area (Å²) in [5, 5.41) is 4.59. The molecule has 2 saturated heterocycles. The normalized spacial score (nSPS) is 27.0. The molecule has 2 aliphatic heterocycles. The Morgan fingerprint density at radius 1 is 1.09 bits per heavy atom. The van der Waals surface area contributed by atoms with Crippen LogP contribution in [-0.4, -0.2) is 66.2 Å². The number of hydrogen-bond acceptors (Lipinski definition) is 5. The Balaban J connectivity index is 1.41. The van der Waals surface area contributed by atoms with E-state index in [-0.39, 0.29) is 29.5 Å². The molecule has 0 aromatic heterocycles. The maximum Gasteiger partial charge on any atom is 0.325 e. The average Bonchev–Trinajstić information content (AvgIpc) is 3.48. The van der Waals surface area contributed by atoms with E-state index in [4.69, 9.17) is 0 Å². The second kappa shape index (κ2) is 7.30. The second-order valence-electron chi connectivity index (χ2n) is 9.06. The fourth-order valence-electron chi connectivity index (χ4n) is 4.95. The number of carbonyl (C=O) groups is 3. The van der Waals surface area contributed by atoms with Crippen LogP contribution in [0.25, 0.3) is 10.8 Å². The smallest absolute Gasteiger partial charge is 0.325 e. The second-order valence-corrected chi connectivity index (χ2v) is 11.3. The molecule has 5 rings (SSSR count). The molecule has 2 atom stereocenters. The van der Waals surface area contributed by atoms with Gasteiger partial charge in [-0.2, -0.15) is 0 Å². The van der Waals surface area contributed by atoms with Gasteiger partial charge in [0, 0.05) is 12.1 Å². The van der Waals surface area contributed by atoms with Crippen molar-refractivity contribution in [2.45, 2.75) is 43.8 Å². The zero-order valence-electron chi connectivity index (χ0n) is 17.8. The zero-order chi connectivity index (χ0) is 22.7. The van der Waals surface area contributed by atoms with Gasteiger partial charge in [0.25, 0.3) is 5.91 Å². The summed E-state index contributed by atoms with van der Waals surface area (Å²) in [6, 6.07) is 12.2. The SMILES string of the molecule is CC1(c2cccc3ccccc23)NC(=O)N(CC(=O)N(C2CC2)C2CCS(=O)(=O)C2)C1=O. The number of nitrogens with zero attached hydrogens (tertiary/aromatic N) is 2. The lowest BCUT2D eigenvalue weighted by Crippen LogP contribution is -2.49. The van der Waals surface area contributed by atoms with Gasteiger partial charge in [0.2, 0.25) is 5.91 Å². The van der Waals surface area contributed by atoms with Crippen LogP contribution in [-0.2, 0) is 25.0 Å². The Hall–Kier alpha value is -2.94. The van der Waals surface area contributed by atoms with Crippen molar-refractivity contribution in [2.24, 2.45) is 0 Å². The maximum atomic E-state index is 13.4. The van der Waals surface area contributed by atoms with E-state index < -0.39 is 33.9 Å². The molecule has 0 spiro atoms. The Bertz CT molecular complexity index is 1230. The van der Waals surface area contributed by atoms with Crippen molar-refractivity contribution in [1.82, 2.24) is 15.1 Å². The monoisotopic (exact) mass is 455 g/mol. The van der Waals surface area contributed by atoms with Gasteiger partial charge in [-0.15, -0.1) is 0 Å². The number of carbonyl (C=O) groups excluding carboxylic acids is 3. The van der Waals surface area contributed by atoms with Crippen LogP contribution in [0.3, 0.4) is 0 Å². The highest BCUT2D eigenvalue weighted by molar-refractivity contribution is 7.91. The first kappa shape index (κ1) is 20.9. The zero-order valence-corrected chi connectivity index (χ0v) is 18.6. The lowest BCUT2D eigenvalue weighted by atomic mass is 9.88. The Kier molecular flexibility index (Phi) is 4.77. The predicted octanol–water partition coefficient (Wildman–Crippen LogP) is 1.78. The first-order chi connectivity index (χ1) is 15.2. The van der Waals surface area contributed by atoms with Gasteiger partial charge in [-0.25, -0.2) is 13.2 Å². The van der Waals surface area contributed by atoms with Gasteiger partial charge in [-0.05, 0) is 42.5 Å². The third-order valence-electron chi connectivity index (χ3n) is 6.73. The highest BCUT2D eigenvalue weighted by Crippen LogP contribution is 2.35. The van der Waals surface area contributed by atoms with Crippen LogP contribution >= 0.6 is 0 Å². The summed E-state index contributed by atoms with van der Waals surface area (Å²) in [7, 11) is -3.16. The van der Waals surface area contributed by atoms with Gasteiger partial charge in [0.1, 0.15) is 12.1 Å². The molecule has 4 amide bonds. The number of amides is 4. The van der Waals surface area contributed by atoms with Crippen LogP contribution in [0.5, 0.6) is 0 Å². The number of hydrogen-bond donors (Lipinski definition) is 1. The Morgan fingerprint density at radius 3 is 2.50 bits per heavy atom. The molecule has 1 saturated carbocycles. The molecule has 0 radical (unpaired) electrons. The van der Waals surface area contributed by atoms with Crippen molar-refractivity contribution in [1.29, 1.82) is 0 Å². The summed E-state index contributed by atoms with van der Waals surface area (Å²) in [5.41, 5.74) is -0.621. The fourth-order valence-corrected chi connectivity index (χ4v) is 6.67. The topological polar surface area (TPSA) is 104 Å². The minimum atomic E-state index is -3.16.